The third-order valence-electron chi connectivity index (χ3n) is 4.62. The zero-order valence-corrected chi connectivity index (χ0v) is 16.5. The normalized spacial score (nSPS) is 14.1. The van der Waals surface area contributed by atoms with Gasteiger partial charge < -0.3 is 4.90 Å². The molecule has 2 heterocycles. The fourth-order valence-corrected chi connectivity index (χ4v) is 4.78. The maximum Gasteiger partial charge on any atom is 0.255 e. The van der Waals surface area contributed by atoms with Crippen molar-refractivity contribution in [3.63, 3.8) is 0 Å². The first-order chi connectivity index (χ1) is 13.3. The van der Waals surface area contributed by atoms with Crippen LogP contribution >= 0.6 is 23.1 Å². The van der Waals surface area contributed by atoms with Crippen molar-refractivity contribution in [2.24, 2.45) is 0 Å². The topological polar surface area (TPSA) is 33.2 Å². The van der Waals surface area contributed by atoms with Crippen molar-refractivity contribution in [3.05, 3.63) is 88.4 Å². The zero-order valence-electron chi connectivity index (χ0n) is 14.9. The Morgan fingerprint density at radius 3 is 2.67 bits per heavy atom. The highest BCUT2D eigenvalue weighted by molar-refractivity contribution is 7.98. The van der Waals surface area contributed by atoms with E-state index in [2.05, 4.69) is 40.7 Å². The van der Waals surface area contributed by atoms with E-state index in [0.29, 0.717) is 6.54 Å². The van der Waals surface area contributed by atoms with E-state index in [9.17, 15) is 4.79 Å². The van der Waals surface area contributed by atoms with E-state index in [1.54, 1.807) is 23.1 Å². The molecule has 1 aromatic heterocycles. The number of hydrogen-bond donors (Lipinski definition) is 0. The van der Waals surface area contributed by atoms with Gasteiger partial charge in [-0.25, -0.2) is 4.98 Å². The van der Waals surface area contributed by atoms with Crippen LogP contribution in [0.2, 0.25) is 0 Å². The summed E-state index contributed by atoms with van der Waals surface area (Å²) in [7, 11) is 0. The summed E-state index contributed by atoms with van der Waals surface area (Å²) in [5.41, 5.74) is 6.27. The van der Waals surface area contributed by atoms with Crippen LogP contribution in [0.4, 0.5) is 0 Å². The number of thiazole rings is 1. The van der Waals surface area contributed by atoms with Gasteiger partial charge in [-0.1, -0.05) is 48.5 Å². The van der Waals surface area contributed by atoms with Crippen LogP contribution < -0.4 is 0 Å². The number of aromatic nitrogens is 1. The van der Waals surface area contributed by atoms with Crippen LogP contribution in [0.25, 0.3) is 5.57 Å². The van der Waals surface area contributed by atoms with Crippen LogP contribution in [-0.2, 0) is 5.75 Å². The maximum atomic E-state index is 13.1. The highest BCUT2D eigenvalue weighted by atomic mass is 32.2. The summed E-state index contributed by atoms with van der Waals surface area (Å²) in [6.07, 6.45) is 3.08. The van der Waals surface area contributed by atoms with Gasteiger partial charge in [0.25, 0.3) is 5.91 Å². The standard InChI is InChI=1S/C22H20N2OS2/c25-22(24-12-10-18(11-13-24)17-6-2-1-3-7-17)20-8-4-5-9-21(20)27-15-19-14-26-16-23-19/h1-10,14,16H,11-13,15H2. The van der Waals surface area contributed by atoms with Gasteiger partial charge in [0.2, 0.25) is 0 Å². The lowest BCUT2D eigenvalue weighted by Crippen LogP contribution is -2.34. The van der Waals surface area contributed by atoms with Gasteiger partial charge in [0.1, 0.15) is 0 Å². The molecule has 5 heteroatoms. The monoisotopic (exact) mass is 392 g/mol. The Morgan fingerprint density at radius 2 is 1.93 bits per heavy atom. The summed E-state index contributed by atoms with van der Waals surface area (Å²) in [4.78, 5) is 20.4. The molecule has 4 rings (SSSR count). The molecule has 0 saturated heterocycles. The quantitative estimate of drug-likeness (QED) is 0.548. The number of hydrogen-bond acceptors (Lipinski definition) is 4. The predicted octanol–water partition coefficient (Wildman–Crippen LogP) is 5.36. The molecule has 0 atom stereocenters. The fraction of sp³-hybridized carbons (Fsp3) is 0.182. The minimum Gasteiger partial charge on any atom is -0.335 e. The van der Waals surface area contributed by atoms with Crippen molar-refractivity contribution in [2.45, 2.75) is 17.1 Å². The van der Waals surface area contributed by atoms with E-state index in [4.69, 9.17) is 0 Å². The molecule has 0 unspecified atom stereocenters. The molecule has 3 aromatic rings. The second-order valence-corrected chi connectivity index (χ2v) is 8.10. The SMILES string of the molecule is O=C(c1ccccc1SCc1cscn1)N1CC=C(c2ccccc2)CC1. The summed E-state index contributed by atoms with van der Waals surface area (Å²) < 4.78 is 0. The molecule has 1 aliphatic heterocycles. The van der Waals surface area contributed by atoms with E-state index < -0.39 is 0 Å². The first-order valence-electron chi connectivity index (χ1n) is 8.94. The molecule has 27 heavy (non-hydrogen) atoms. The Bertz CT molecular complexity index is 936. The molecule has 3 nitrogen and oxygen atoms in total. The molecule has 1 amide bonds. The Hall–Kier alpha value is -2.37. The van der Waals surface area contributed by atoms with Gasteiger partial charge in [-0.3, -0.25) is 4.79 Å². The second-order valence-electron chi connectivity index (χ2n) is 6.36. The molecule has 0 radical (unpaired) electrons. The fourth-order valence-electron chi connectivity index (χ4n) is 3.17. The van der Waals surface area contributed by atoms with E-state index >= 15 is 0 Å². The average Bonchev–Trinajstić information content (AvgIpc) is 3.26. The predicted molar refractivity (Wildman–Crippen MR) is 113 cm³/mol. The van der Waals surface area contributed by atoms with E-state index in [1.807, 2.05) is 40.7 Å². The molecule has 1 aliphatic rings. The lowest BCUT2D eigenvalue weighted by molar-refractivity contribution is 0.0769. The Balaban J connectivity index is 1.46. The average molecular weight is 393 g/mol. The molecule has 2 aromatic carbocycles. The number of rotatable bonds is 5. The van der Waals surface area contributed by atoms with Crippen LogP contribution in [0.5, 0.6) is 0 Å². The number of carbonyl (C=O) groups excluding carboxylic acids is 1. The number of amides is 1. The lowest BCUT2D eigenvalue weighted by atomic mass is 9.99. The lowest BCUT2D eigenvalue weighted by Gasteiger charge is -2.27. The van der Waals surface area contributed by atoms with Gasteiger partial charge in [-0.2, -0.15) is 0 Å². The first-order valence-corrected chi connectivity index (χ1v) is 10.9. The van der Waals surface area contributed by atoms with Crippen LogP contribution in [0, 0.1) is 0 Å². The third-order valence-corrected chi connectivity index (χ3v) is 6.36. The summed E-state index contributed by atoms with van der Waals surface area (Å²) in [5.74, 6) is 0.894. The van der Waals surface area contributed by atoms with Crippen LogP contribution in [0.15, 0.2) is 76.5 Å². The molecule has 0 aliphatic carbocycles. The van der Waals surface area contributed by atoms with Crippen molar-refractivity contribution >= 4 is 34.6 Å². The minimum absolute atomic E-state index is 0.111. The van der Waals surface area contributed by atoms with Crippen LogP contribution in [-0.4, -0.2) is 28.9 Å². The third kappa shape index (κ3) is 4.31. The summed E-state index contributed by atoms with van der Waals surface area (Å²) in [6, 6.07) is 18.3. The molecule has 0 fully saturated rings. The van der Waals surface area contributed by atoms with E-state index in [1.165, 1.54) is 11.1 Å². The van der Waals surface area contributed by atoms with Gasteiger partial charge in [0.05, 0.1) is 16.8 Å². The second kappa shape index (κ2) is 8.55. The van der Waals surface area contributed by atoms with Gasteiger partial charge in [-0.05, 0) is 29.7 Å². The Kier molecular flexibility index (Phi) is 5.70. The van der Waals surface area contributed by atoms with Gasteiger partial charge >= 0.3 is 0 Å². The van der Waals surface area contributed by atoms with Crippen molar-refractivity contribution in [2.75, 3.05) is 13.1 Å². The highest BCUT2D eigenvalue weighted by Gasteiger charge is 2.21. The number of benzene rings is 2. The van der Waals surface area contributed by atoms with Crippen molar-refractivity contribution in [1.82, 2.24) is 9.88 Å². The molecule has 0 bridgehead atoms. The minimum atomic E-state index is 0.111. The van der Waals surface area contributed by atoms with Gasteiger partial charge in [-0.15, -0.1) is 23.1 Å². The number of carbonyl (C=O) groups is 1. The van der Waals surface area contributed by atoms with Gasteiger partial charge in [0.15, 0.2) is 0 Å². The molecule has 0 spiro atoms. The first kappa shape index (κ1) is 18.0. The molecular weight excluding hydrogens is 372 g/mol. The summed E-state index contributed by atoms with van der Waals surface area (Å²) in [6.45, 7) is 1.42. The zero-order chi connectivity index (χ0) is 18.5. The van der Waals surface area contributed by atoms with Crippen LogP contribution in [0.1, 0.15) is 28.0 Å². The van der Waals surface area contributed by atoms with Crippen molar-refractivity contribution < 1.29 is 4.79 Å². The highest BCUT2D eigenvalue weighted by Crippen LogP contribution is 2.29. The largest absolute Gasteiger partial charge is 0.335 e. The summed E-state index contributed by atoms with van der Waals surface area (Å²) in [5, 5.41) is 2.05. The van der Waals surface area contributed by atoms with Crippen molar-refractivity contribution in [1.29, 1.82) is 0 Å². The molecule has 136 valence electrons. The smallest absolute Gasteiger partial charge is 0.255 e. The number of thioether (sulfide) groups is 1. The molecule has 0 N–H and O–H groups in total. The van der Waals surface area contributed by atoms with E-state index in [-0.39, 0.29) is 5.91 Å². The molecule has 0 saturated carbocycles. The Morgan fingerprint density at radius 1 is 1.11 bits per heavy atom. The van der Waals surface area contributed by atoms with E-state index in [0.717, 1.165) is 34.9 Å². The maximum absolute atomic E-state index is 13.1. The Labute approximate surface area is 167 Å². The molecular formula is C22H20N2OS2. The van der Waals surface area contributed by atoms with Crippen LogP contribution in [0.3, 0.4) is 0 Å². The number of nitrogens with zero attached hydrogens (tertiary/aromatic N) is 2. The summed E-state index contributed by atoms with van der Waals surface area (Å²) >= 11 is 3.28. The van der Waals surface area contributed by atoms with Gasteiger partial charge in [0, 0.05) is 29.1 Å². The van der Waals surface area contributed by atoms with Crippen molar-refractivity contribution in [3.8, 4) is 0 Å².